The molecule has 2 heterocycles. The number of carbonyl (C=O) groups is 1. The number of nitrogens with one attached hydrogen (secondary N) is 2. The Morgan fingerprint density at radius 3 is 3.00 bits per heavy atom. The molecule has 5 heteroatoms. The molecule has 2 N–H and O–H groups in total. The third-order valence-corrected chi connectivity index (χ3v) is 2.45. The van der Waals surface area contributed by atoms with Gasteiger partial charge in [0.05, 0.1) is 6.10 Å². The summed E-state index contributed by atoms with van der Waals surface area (Å²) in [6.07, 6.45) is 5.54. The van der Waals surface area contributed by atoms with E-state index in [2.05, 4.69) is 15.6 Å². The van der Waals surface area contributed by atoms with Crippen LogP contribution in [0.15, 0.2) is 24.5 Å². The zero-order valence-electron chi connectivity index (χ0n) is 8.98. The van der Waals surface area contributed by atoms with Crippen LogP contribution in [-0.2, 0) is 4.74 Å². The molecule has 1 atom stereocenters. The first-order chi connectivity index (χ1) is 7.84. The molecule has 2 amide bonds. The van der Waals surface area contributed by atoms with Gasteiger partial charge in [0.15, 0.2) is 0 Å². The number of rotatable bonds is 3. The number of carbonyl (C=O) groups excluding carboxylic acids is 1. The Morgan fingerprint density at radius 1 is 1.50 bits per heavy atom. The standard InChI is InChI=1S/C11H15N3O2/c15-11(13-8-10-2-1-7-16-10)14-9-3-5-12-6-4-9/h3-6,10H,1-2,7-8H2,(H2,12,13,14,15). The van der Waals surface area contributed by atoms with Crippen molar-refractivity contribution in [3.05, 3.63) is 24.5 Å². The van der Waals surface area contributed by atoms with Crippen LogP contribution in [0.25, 0.3) is 0 Å². The van der Waals surface area contributed by atoms with Crippen LogP contribution >= 0.6 is 0 Å². The quantitative estimate of drug-likeness (QED) is 0.810. The van der Waals surface area contributed by atoms with E-state index in [1.54, 1.807) is 24.5 Å². The fourth-order valence-corrected chi connectivity index (χ4v) is 1.62. The zero-order valence-corrected chi connectivity index (χ0v) is 8.98. The summed E-state index contributed by atoms with van der Waals surface area (Å²) in [5.74, 6) is 0. The van der Waals surface area contributed by atoms with Crippen LogP contribution in [0, 0.1) is 0 Å². The lowest BCUT2D eigenvalue weighted by molar-refractivity contribution is 0.112. The molecule has 1 aliphatic rings. The maximum atomic E-state index is 11.5. The van der Waals surface area contributed by atoms with Crippen molar-refractivity contribution in [1.82, 2.24) is 10.3 Å². The Labute approximate surface area is 94.2 Å². The highest BCUT2D eigenvalue weighted by atomic mass is 16.5. The highest BCUT2D eigenvalue weighted by molar-refractivity contribution is 5.89. The Kier molecular flexibility index (Phi) is 3.71. The van der Waals surface area contributed by atoms with Crippen LogP contribution in [0.2, 0.25) is 0 Å². The fraction of sp³-hybridized carbons (Fsp3) is 0.455. The summed E-state index contributed by atoms with van der Waals surface area (Å²) in [6, 6.07) is 3.28. The molecular weight excluding hydrogens is 206 g/mol. The van der Waals surface area contributed by atoms with E-state index in [-0.39, 0.29) is 12.1 Å². The molecule has 0 aromatic carbocycles. The molecule has 1 unspecified atom stereocenters. The number of ether oxygens (including phenoxy) is 1. The number of anilines is 1. The second-order valence-corrected chi connectivity index (χ2v) is 3.71. The summed E-state index contributed by atoms with van der Waals surface area (Å²) in [5.41, 5.74) is 0.736. The molecule has 0 spiro atoms. The van der Waals surface area contributed by atoms with Crippen molar-refractivity contribution in [3.8, 4) is 0 Å². The Balaban J connectivity index is 1.72. The summed E-state index contributed by atoms with van der Waals surface area (Å²) in [7, 11) is 0. The third kappa shape index (κ3) is 3.20. The first-order valence-electron chi connectivity index (χ1n) is 5.41. The molecule has 0 saturated carbocycles. The van der Waals surface area contributed by atoms with Gasteiger partial charge in [0, 0.05) is 31.2 Å². The molecule has 1 aromatic rings. The molecule has 1 fully saturated rings. The van der Waals surface area contributed by atoms with Gasteiger partial charge in [0.2, 0.25) is 0 Å². The molecule has 5 nitrogen and oxygen atoms in total. The van der Waals surface area contributed by atoms with Crippen LogP contribution < -0.4 is 10.6 Å². The third-order valence-electron chi connectivity index (χ3n) is 2.45. The number of nitrogens with zero attached hydrogens (tertiary/aromatic N) is 1. The Morgan fingerprint density at radius 2 is 2.31 bits per heavy atom. The van der Waals surface area contributed by atoms with Crippen molar-refractivity contribution in [2.24, 2.45) is 0 Å². The fourth-order valence-electron chi connectivity index (χ4n) is 1.62. The van der Waals surface area contributed by atoms with Crippen LogP contribution in [0.5, 0.6) is 0 Å². The normalized spacial score (nSPS) is 19.4. The van der Waals surface area contributed by atoms with Gasteiger partial charge >= 0.3 is 6.03 Å². The number of pyridine rings is 1. The van der Waals surface area contributed by atoms with Crippen molar-refractivity contribution in [1.29, 1.82) is 0 Å². The first-order valence-corrected chi connectivity index (χ1v) is 5.41. The van der Waals surface area contributed by atoms with Crippen LogP contribution in [0.3, 0.4) is 0 Å². The lowest BCUT2D eigenvalue weighted by Gasteiger charge is -2.11. The average Bonchev–Trinajstić information content (AvgIpc) is 2.81. The van der Waals surface area contributed by atoms with E-state index in [4.69, 9.17) is 4.74 Å². The molecule has 16 heavy (non-hydrogen) atoms. The van der Waals surface area contributed by atoms with E-state index >= 15 is 0 Å². The van der Waals surface area contributed by atoms with Crippen LogP contribution in [-0.4, -0.2) is 30.3 Å². The van der Waals surface area contributed by atoms with Gasteiger partial charge in [-0.15, -0.1) is 0 Å². The minimum Gasteiger partial charge on any atom is -0.376 e. The van der Waals surface area contributed by atoms with Gasteiger partial charge < -0.3 is 15.4 Å². The smallest absolute Gasteiger partial charge is 0.319 e. The lowest BCUT2D eigenvalue weighted by Crippen LogP contribution is -2.34. The predicted octanol–water partition coefficient (Wildman–Crippen LogP) is 1.38. The SMILES string of the molecule is O=C(NCC1CCCO1)Nc1ccncc1. The zero-order chi connectivity index (χ0) is 11.2. The molecule has 1 saturated heterocycles. The van der Waals surface area contributed by atoms with E-state index in [0.717, 1.165) is 25.1 Å². The maximum absolute atomic E-state index is 11.5. The van der Waals surface area contributed by atoms with Crippen molar-refractivity contribution >= 4 is 11.7 Å². The van der Waals surface area contributed by atoms with Crippen molar-refractivity contribution < 1.29 is 9.53 Å². The number of amides is 2. The molecule has 86 valence electrons. The highest BCUT2D eigenvalue weighted by Crippen LogP contribution is 2.10. The van der Waals surface area contributed by atoms with Crippen molar-refractivity contribution in [2.75, 3.05) is 18.5 Å². The molecule has 1 aromatic heterocycles. The highest BCUT2D eigenvalue weighted by Gasteiger charge is 2.15. The topological polar surface area (TPSA) is 63.2 Å². The summed E-state index contributed by atoms with van der Waals surface area (Å²) < 4.78 is 5.40. The molecule has 0 radical (unpaired) electrons. The second-order valence-electron chi connectivity index (χ2n) is 3.71. The predicted molar refractivity (Wildman–Crippen MR) is 60.2 cm³/mol. The summed E-state index contributed by atoms with van der Waals surface area (Å²) in [4.78, 5) is 15.3. The number of urea groups is 1. The monoisotopic (exact) mass is 221 g/mol. The maximum Gasteiger partial charge on any atom is 0.319 e. The van der Waals surface area contributed by atoms with Gasteiger partial charge in [0.1, 0.15) is 0 Å². The molecule has 2 rings (SSSR count). The van der Waals surface area contributed by atoms with E-state index < -0.39 is 0 Å². The number of hydrogen-bond acceptors (Lipinski definition) is 3. The average molecular weight is 221 g/mol. The summed E-state index contributed by atoms with van der Waals surface area (Å²) in [5, 5.41) is 5.50. The largest absolute Gasteiger partial charge is 0.376 e. The second kappa shape index (κ2) is 5.46. The molecule has 0 bridgehead atoms. The van der Waals surface area contributed by atoms with E-state index in [0.29, 0.717) is 6.54 Å². The van der Waals surface area contributed by atoms with Crippen molar-refractivity contribution in [3.63, 3.8) is 0 Å². The minimum atomic E-state index is -0.207. The van der Waals surface area contributed by atoms with E-state index in [1.807, 2.05) is 0 Å². The van der Waals surface area contributed by atoms with Gasteiger partial charge in [0.25, 0.3) is 0 Å². The minimum absolute atomic E-state index is 0.170. The van der Waals surface area contributed by atoms with E-state index in [9.17, 15) is 4.79 Å². The lowest BCUT2D eigenvalue weighted by atomic mass is 10.2. The Hall–Kier alpha value is -1.62. The van der Waals surface area contributed by atoms with Gasteiger partial charge in [-0.05, 0) is 25.0 Å². The number of aromatic nitrogens is 1. The van der Waals surface area contributed by atoms with Crippen molar-refractivity contribution in [2.45, 2.75) is 18.9 Å². The van der Waals surface area contributed by atoms with Crippen LogP contribution in [0.4, 0.5) is 10.5 Å². The molecule has 1 aliphatic heterocycles. The van der Waals surface area contributed by atoms with Crippen LogP contribution in [0.1, 0.15) is 12.8 Å². The molecular formula is C11H15N3O2. The summed E-state index contributed by atoms with van der Waals surface area (Å²) in [6.45, 7) is 1.37. The molecule has 0 aliphatic carbocycles. The summed E-state index contributed by atoms with van der Waals surface area (Å²) >= 11 is 0. The van der Waals surface area contributed by atoms with Gasteiger partial charge in [-0.3, -0.25) is 4.98 Å². The van der Waals surface area contributed by atoms with Gasteiger partial charge in [-0.25, -0.2) is 4.79 Å². The van der Waals surface area contributed by atoms with E-state index in [1.165, 1.54) is 0 Å². The van der Waals surface area contributed by atoms with Gasteiger partial charge in [-0.1, -0.05) is 0 Å². The Bertz CT molecular complexity index is 336. The first kappa shape index (κ1) is 10.9. The van der Waals surface area contributed by atoms with Gasteiger partial charge in [-0.2, -0.15) is 0 Å². The number of hydrogen-bond donors (Lipinski definition) is 2.